The van der Waals surface area contributed by atoms with Crippen molar-refractivity contribution in [2.24, 2.45) is 0 Å². The predicted molar refractivity (Wildman–Crippen MR) is 153 cm³/mol. The second-order valence-electron chi connectivity index (χ2n) is 8.85. The van der Waals surface area contributed by atoms with Crippen molar-refractivity contribution in [3.05, 3.63) is 127 Å². The lowest BCUT2D eigenvalue weighted by molar-refractivity contribution is 0.0764. The van der Waals surface area contributed by atoms with Crippen LogP contribution in [0.2, 0.25) is 0 Å². The van der Waals surface area contributed by atoms with E-state index in [1.54, 1.807) is 12.1 Å². The van der Waals surface area contributed by atoms with E-state index in [9.17, 15) is 5.11 Å². The molecule has 4 heteroatoms. The first-order chi connectivity index (χ1) is 18.7. The van der Waals surface area contributed by atoms with Crippen molar-refractivity contribution in [1.29, 1.82) is 0 Å². The maximum Gasteiger partial charge on any atom is 0.119 e. The smallest absolute Gasteiger partial charge is 0.119 e. The van der Waals surface area contributed by atoms with Gasteiger partial charge < -0.3 is 19.3 Å². The third kappa shape index (κ3) is 6.81. The molecule has 0 radical (unpaired) electrons. The fourth-order valence-electron chi connectivity index (χ4n) is 4.17. The third-order valence-electron chi connectivity index (χ3n) is 6.23. The molecule has 5 aromatic carbocycles. The summed E-state index contributed by atoms with van der Waals surface area (Å²) in [6.07, 6.45) is 0. The van der Waals surface area contributed by atoms with Gasteiger partial charge in [0.15, 0.2) is 0 Å². The lowest BCUT2D eigenvalue weighted by Crippen LogP contribution is -2.12. The highest BCUT2D eigenvalue weighted by atomic mass is 16.5. The molecule has 0 aromatic heterocycles. The monoisotopic (exact) mass is 502 g/mol. The summed E-state index contributed by atoms with van der Waals surface area (Å²) in [5.41, 5.74) is 6.81. The van der Waals surface area contributed by atoms with Gasteiger partial charge >= 0.3 is 0 Å². The highest BCUT2D eigenvalue weighted by molar-refractivity contribution is 5.71. The van der Waals surface area contributed by atoms with Gasteiger partial charge in [-0.05, 0) is 69.8 Å². The van der Waals surface area contributed by atoms with Crippen molar-refractivity contribution < 1.29 is 19.3 Å². The van der Waals surface area contributed by atoms with Gasteiger partial charge in [-0.25, -0.2) is 0 Å². The number of ether oxygens (including phenoxy) is 3. The van der Waals surface area contributed by atoms with Gasteiger partial charge in [-0.2, -0.15) is 0 Å². The number of aromatic hydroxyl groups is 1. The zero-order valence-corrected chi connectivity index (χ0v) is 21.1. The molecule has 0 aliphatic rings. The minimum absolute atomic E-state index is 0.272. The van der Waals surface area contributed by atoms with E-state index >= 15 is 0 Å². The average molecular weight is 503 g/mol. The molecule has 0 aliphatic carbocycles. The second-order valence-corrected chi connectivity index (χ2v) is 8.85. The van der Waals surface area contributed by atoms with Crippen molar-refractivity contribution in [2.45, 2.75) is 0 Å². The highest BCUT2D eigenvalue weighted by Gasteiger charge is 2.03. The van der Waals surface area contributed by atoms with Crippen LogP contribution in [0.15, 0.2) is 127 Å². The Hall–Kier alpha value is -4.54. The molecule has 5 aromatic rings. The van der Waals surface area contributed by atoms with E-state index in [1.165, 1.54) is 11.1 Å². The summed E-state index contributed by atoms with van der Waals surface area (Å²) in [5, 5.41) is 9.47. The summed E-state index contributed by atoms with van der Waals surface area (Å²) < 4.78 is 17.2. The Morgan fingerprint density at radius 3 is 1.13 bits per heavy atom. The van der Waals surface area contributed by atoms with Crippen LogP contribution in [0.1, 0.15) is 0 Å². The zero-order chi connectivity index (χ0) is 26.0. The third-order valence-corrected chi connectivity index (χ3v) is 6.23. The number of benzene rings is 5. The summed E-state index contributed by atoms with van der Waals surface area (Å²) in [6, 6.07) is 42.1. The van der Waals surface area contributed by atoms with Gasteiger partial charge in [-0.1, -0.05) is 91.0 Å². The summed E-state index contributed by atoms with van der Waals surface area (Å²) >= 11 is 0. The fraction of sp³-hybridized carbons (Fsp3) is 0.118. The Labute approximate surface area is 223 Å². The second kappa shape index (κ2) is 12.6. The van der Waals surface area contributed by atoms with E-state index in [1.807, 2.05) is 54.6 Å². The number of hydrogen-bond donors (Lipinski definition) is 1. The van der Waals surface area contributed by atoms with Crippen molar-refractivity contribution in [3.63, 3.8) is 0 Å². The van der Waals surface area contributed by atoms with E-state index in [2.05, 4.69) is 60.7 Å². The molecule has 0 spiro atoms. The molecule has 0 unspecified atom stereocenters. The predicted octanol–water partition coefficient (Wildman–Crippen LogP) is 7.87. The van der Waals surface area contributed by atoms with Gasteiger partial charge in [0.2, 0.25) is 0 Å². The van der Waals surface area contributed by atoms with Crippen LogP contribution in [0.25, 0.3) is 33.4 Å². The average Bonchev–Trinajstić information content (AvgIpc) is 2.98. The molecule has 0 fully saturated rings. The Balaban J connectivity index is 1.00. The van der Waals surface area contributed by atoms with E-state index in [-0.39, 0.29) is 5.75 Å². The first kappa shape index (κ1) is 25.1. The van der Waals surface area contributed by atoms with E-state index in [0.717, 1.165) is 33.8 Å². The van der Waals surface area contributed by atoms with E-state index in [0.29, 0.717) is 26.4 Å². The van der Waals surface area contributed by atoms with Crippen molar-refractivity contribution >= 4 is 0 Å². The molecule has 0 atom stereocenters. The molecular weight excluding hydrogens is 472 g/mol. The van der Waals surface area contributed by atoms with Crippen LogP contribution in [0.3, 0.4) is 0 Å². The number of rotatable bonds is 11. The summed E-state index contributed by atoms with van der Waals surface area (Å²) in [6.45, 7) is 1.97. The molecule has 0 saturated carbocycles. The molecule has 0 bridgehead atoms. The fourth-order valence-corrected chi connectivity index (χ4v) is 4.17. The topological polar surface area (TPSA) is 47.9 Å². The molecule has 4 nitrogen and oxygen atoms in total. The quantitative estimate of drug-likeness (QED) is 0.187. The minimum atomic E-state index is 0.272. The maximum atomic E-state index is 9.47. The van der Waals surface area contributed by atoms with Crippen molar-refractivity contribution in [3.8, 4) is 50.6 Å². The number of phenolic OH excluding ortho intramolecular Hbond substituents is 1. The number of phenols is 1. The van der Waals surface area contributed by atoms with E-state index in [4.69, 9.17) is 14.2 Å². The van der Waals surface area contributed by atoms with E-state index < -0.39 is 0 Å². The Kier molecular flexibility index (Phi) is 8.34. The summed E-state index contributed by atoms with van der Waals surface area (Å²) in [5.74, 6) is 1.92. The summed E-state index contributed by atoms with van der Waals surface area (Å²) in [7, 11) is 0. The van der Waals surface area contributed by atoms with Crippen LogP contribution in [-0.4, -0.2) is 31.5 Å². The van der Waals surface area contributed by atoms with Gasteiger partial charge in [0.05, 0.1) is 13.2 Å². The normalized spacial score (nSPS) is 10.7. The van der Waals surface area contributed by atoms with Gasteiger partial charge in [0.1, 0.15) is 30.5 Å². The van der Waals surface area contributed by atoms with Gasteiger partial charge in [0, 0.05) is 0 Å². The molecule has 38 heavy (non-hydrogen) atoms. The van der Waals surface area contributed by atoms with Gasteiger partial charge in [-0.15, -0.1) is 0 Å². The maximum absolute atomic E-state index is 9.47. The molecule has 0 aliphatic heterocycles. The minimum Gasteiger partial charge on any atom is -0.508 e. The Bertz CT molecular complexity index is 1390. The van der Waals surface area contributed by atoms with Crippen molar-refractivity contribution in [2.75, 3.05) is 26.4 Å². The van der Waals surface area contributed by atoms with Crippen LogP contribution in [0.4, 0.5) is 0 Å². The number of hydrogen-bond acceptors (Lipinski definition) is 4. The SMILES string of the molecule is Oc1ccc(-c2ccc(-c3ccc(OCCOCCOc4ccc(-c5ccccc5)cc4)cc3)cc2)cc1. The Morgan fingerprint density at radius 1 is 0.368 bits per heavy atom. The molecule has 190 valence electrons. The molecule has 1 N–H and O–H groups in total. The van der Waals surface area contributed by atoms with Gasteiger partial charge in [-0.3, -0.25) is 0 Å². The van der Waals surface area contributed by atoms with Crippen LogP contribution in [0.5, 0.6) is 17.2 Å². The van der Waals surface area contributed by atoms with Gasteiger partial charge in [0.25, 0.3) is 0 Å². The first-order valence-corrected chi connectivity index (χ1v) is 12.7. The molecule has 0 amide bonds. The highest BCUT2D eigenvalue weighted by Crippen LogP contribution is 2.27. The Morgan fingerprint density at radius 2 is 0.711 bits per heavy atom. The molecule has 0 heterocycles. The molecule has 5 rings (SSSR count). The standard InChI is InChI=1S/C34H30O4/c35-32-16-10-29(11-17-32)27-6-8-28(9-7-27)31-14-20-34(21-15-31)38-25-23-36-22-24-37-33-18-12-30(13-19-33)26-4-2-1-3-5-26/h1-21,35H,22-25H2. The van der Waals surface area contributed by atoms with Crippen LogP contribution in [-0.2, 0) is 4.74 Å². The molecular formula is C34H30O4. The van der Waals surface area contributed by atoms with Crippen molar-refractivity contribution in [1.82, 2.24) is 0 Å². The summed E-state index contributed by atoms with van der Waals surface area (Å²) in [4.78, 5) is 0. The first-order valence-electron chi connectivity index (χ1n) is 12.7. The lowest BCUT2D eigenvalue weighted by Gasteiger charge is -2.10. The van der Waals surface area contributed by atoms with Crippen LogP contribution >= 0.6 is 0 Å². The zero-order valence-electron chi connectivity index (χ0n) is 21.1. The lowest BCUT2D eigenvalue weighted by atomic mass is 10.0. The largest absolute Gasteiger partial charge is 0.508 e. The van der Waals surface area contributed by atoms with Crippen LogP contribution < -0.4 is 9.47 Å². The molecule has 0 saturated heterocycles. The van der Waals surface area contributed by atoms with Crippen LogP contribution in [0, 0.1) is 0 Å².